The first-order valence-electron chi connectivity index (χ1n) is 5.69. The van der Waals surface area contributed by atoms with Crippen molar-refractivity contribution in [3.63, 3.8) is 0 Å². The second kappa shape index (κ2) is 6.15. The van der Waals surface area contributed by atoms with Crippen molar-refractivity contribution in [2.45, 2.75) is 25.4 Å². The summed E-state index contributed by atoms with van der Waals surface area (Å²) in [4.78, 5) is 0. The van der Waals surface area contributed by atoms with Crippen molar-refractivity contribution < 1.29 is 22.1 Å². The molecule has 0 saturated carbocycles. The fraction of sp³-hybridized carbons (Fsp3) is 0.455. The van der Waals surface area contributed by atoms with Gasteiger partial charge in [-0.15, -0.1) is 0 Å². The van der Waals surface area contributed by atoms with Crippen LogP contribution in [0.1, 0.15) is 18.6 Å². The molecular formula is C11H13Cl2NO5S. The van der Waals surface area contributed by atoms with Gasteiger partial charge >= 0.3 is 10.3 Å². The van der Waals surface area contributed by atoms with Gasteiger partial charge in [0.2, 0.25) is 0 Å². The maximum Gasteiger partial charge on any atom is 0.333 e. The van der Waals surface area contributed by atoms with Gasteiger partial charge in [-0.05, 0) is 19.1 Å². The zero-order valence-corrected chi connectivity index (χ0v) is 12.8. The third-order valence-electron chi connectivity index (χ3n) is 2.71. The predicted octanol–water partition coefficient (Wildman–Crippen LogP) is 2.02. The van der Waals surface area contributed by atoms with Crippen molar-refractivity contribution in [2.24, 2.45) is 5.14 Å². The Bertz CT molecular complexity index is 594. The average Bonchev–Trinajstić information content (AvgIpc) is 2.67. The molecule has 9 heteroatoms. The van der Waals surface area contributed by atoms with Gasteiger partial charge in [0.15, 0.2) is 6.29 Å². The van der Waals surface area contributed by atoms with Crippen molar-refractivity contribution in [1.29, 1.82) is 0 Å². The lowest BCUT2D eigenvalue weighted by atomic mass is 10.1. The number of rotatable bonds is 4. The molecule has 1 aliphatic rings. The number of hydrogen-bond donors (Lipinski definition) is 1. The molecule has 0 radical (unpaired) electrons. The van der Waals surface area contributed by atoms with E-state index >= 15 is 0 Å². The van der Waals surface area contributed by atoms with Crippen LogP contribution in [0, 0.1) is 0 Å². The van der Waals surface area contributed by atoms with Crippen molar-refractivity contribution in [1.82, 2.24) is 0 Å². The van der Waals surface area contributed by atoms with E-state index in [9.17, 15) is 8.42 Å². The molecule has 0 aliphatic carbocycles. The minimum atomic E-state index is -4.04. The molecule has 3 atom stereocenters. The Morgan fingerprint density at radius 3 is 2.65 bits per heavy atom. The summed E-state index contributed by atoms with van der Waals surface area (Å²) >= 11 is 11.9. The zero-order chi connectivity index (χ0) is 14.9. The molecule has 1 fully saturated rings. The minimum Gasteiger partial charge on any atom is -0.344 e. The molecule has 0 amide bonds. The molecule has 1 aromatic carbocycles. The lowest BCUT2D eigenvalue weighted by Crippen LogP contribution is -2.27. The van der Waals surface area contributed by atoms with Gasteiger partial charge in [0.1, 0.15) is 12.2 Å². The van der Waals surface area contributed by atoms with E-state index in [1.165, 1.54) is 0 Å². The Labute approximate surface area is 127 Å². The number of ether oxygens (including phenoxy) is 2. The van der Waals surface area contributed by atoms with E-state index in [1.807, 2.05) is 0 Å². The molecule has 2 rings (SSSR count). The van der Waals surface area contributed by atoms with Crippen molar-refractivity contribution >= 4 is 33.5 Å². The summed E-state index contributed by atoms with van der Waals surface area (Å²) in [6.07, 6.45) is -1.71. The highest BCUT2D eigenvalue weighted by Crippen LogP contribution is 2.37. The van der Waals surface area contributed by atoms with Crippen LogP contribution in [-0.2, 0) is 24.0 Å². The van der Waals surface area contributed by atoms with Crippen LogP contribution in [0.3, 0.4) is 0 Å². The quantitative estimate of drug-likeness (QED) is 0.904. The number of halogens is 2. The molecule has 1 aromatic rings. The minimum absolute atomic E-state index is 0.257. The van der Waals surface area contributed by atoms with Crippen LogP contribution in [0.15, 0.2) is 18.2 Å². The van der Waals surface area contributed by atoms with Gasteiger partial charge < -0.3 is 9.47 Å². The summed E-state index contributed by atoms with van der Waals surface area (Å²) < 4.78 is 37.3. The van der Waals surface area contributed by atoms with Crippen LogP contribution in [0.2, 0.25) is 10.0 Å². The first-order chi connectivity index (χ1) is 9.26. The summed E-state index contributed by atoms with van der Waals surface area (Å²) in [6.45, 7) is 1.43. The maximum atomic E-state index is 10.8. The van der Waals surface area contributed by atoms with Crippen LogP contribution >= 0.6 is 23.2 Å². The van der Waals surface area contributed by atoms with Crippen LogP contribution < -0.4 is 5.14 Å². The van der Waals surface area contributed by atoms with Crippen LogP contribution in [-0.4, -0.2) is 27.4 Å². The summed E-state index contributed by atoms with van der Waals surface area (Å²) in [5, 5.41) is 5.68. The molecule has 20 heavy (non-hydrogen) atoms. The second-order valence-corrected chi connectivity index (χ2v) is 6.31. The fourth-order valence-electron chi connectivity index (χ4n) is 1.94. The normalized spacial score (nSPS) is 26.9. The summed E-state index contributed by atoms with van der Waals surface area (Å²) in [5.74, 6) is 0. The van der Waals surface area contributed by atoms with Crippen LogP contribution in [0.5, 0.6) is 0 Å². The molecular weight excluding hydrogens is 329 g/mol. The van der Waals surface area contributed by atoms with Crippen LogP contribution in [0.25, 0.3) is 0 Å². The molecule has 1 aliphatic heterocycles. The monoisotopic (exact) mass is 341 g/mol. The SMILES string of the molecule is CC1O[C@@H](COS(N)(=O)=O)[C@H](c2ccc(Cl)cc2Cl)O1. The predicted molar refractivity (Wildman–Crippen MR) is 73.7 cm³/mol. The third-order valence-corrected chi connectivity index (χ3v) is 3.73. The van der Waals surface area contributed by atoms with E-state index in [1.54, 1.807) is 25.1 Å². The van der Waals surface area contributed by atoms with Gasteiger partial charge in [-0.25, -0.2) is 5.14 Å². The standard InChI is InChI=1S/C11H13Cl2NO5S/c1-6-18-10(5-17-20(14,15)16)11(19-6)8-3-2-7(12)4-9(8)13/h2-4,6,10-11H,5H2,1H3,(H2,14,15,16)/t6?,10-,11-/m0/s1. The first-order valence-corrected chi connectivity index (χ1v) is 7.92. The first kappa shape index (κ1) is 16.0. The van der Waals surface area contributed by atoms with Gasteiger partial charge in [0.25, 0.3) is 0 Å². The lowest BCUT2D eigenvalue weighted by Gasteiger charge is -2.17. The number of benzene rings is 1. The Balaban J connectivity index is 2.19. The van der Waals surface area contributed by atoms with Crippen molar-refractivity contribution in [3.05, 3.63) is 33.8 Å². The lowest BCUT2D eigenvalue weighted by molar-refractivity contribution is -0.0549. The molecule has 112 valence electrons. The van der Waals surface area contributed by atoms with E-state index in [0.29, 0.717) is 15.6 Å². The number of nitrogens with two attached hydrogens (primary N) is 1. The molecule has 6 nitrogen and oxygen atoms in total. The topological polar surface area (TPSA) is 87.9 Å². The highest BCUT2D eigenvalue weighted by Gasteiger charge is 2.37. The molecule has 1 heterocycles. The average molecular weight is 342 g/mol. The fourth-order valence-corrected chi connectivity index (χ4v) is 2.78. The molecule has 0 aromatic heterocycles. The van der Waals surface area contributed by atoms with E-state index in [0.717, 1.165) is 0 Å². The number of hydrogen-bond acceptors (Lipinski definition) is 5. The van der Waals surface area contributed by atoms with Crippen LogP contribution in [0.4, 0.5) is 0 Å². The highest BCUT2D eigenvalue weighted by molar-refractivity contribution is 7.84. The van der Waals surface area contributed by atoms with Crippen molar-refractivity contribution in [3.8, 4) is 0 Å². The maximum absolute atomic E-state index is 10.8. The molecule has 2 N–H and O–H groups in total. The Hall–Kier alpha value is -0.410. The molecule has 0 spiro atoms. The van der Waals surface area contributed by atoms with Crippen molar-refractivity contribution in [2.75, 3.05) is 6.61 Å². The smallest absolute Gasteiger partial charge is 0.333 e. The Kier molecular flexibility index (Phi) is 4.91. The van der Waals surface area contributed by atoms with Gasteiger partial charge in [0, 0.05) is 15.6 Å². The second-order valence-electron chi connectivity index (χ2n) is 4.24. The third kappa shape index (κ3) is 4.05. The van der Waals surface area contributed by atoms with E-state index in [2.05, 4.69) is 4.18 Å². The van der Waals surface area contributed by atoms with E-state index in [4.69, 9.17) is 37.8 Å². The van der Waals surface area contributed by atoms with E-state index < -0.39 is 28.8 Å². The summed E-state index contributed by atoms with van der Waals surface area (Å²) in [5.41, 5.74) is 0.642. The summed E-state index contributed by atoms with van der Waals surface area (Å²) in [7, 11) is -4.04. The van der Waals surface area contributed by atoms with Gasteiger partial charge in [0.05, 0.1) is 6.61 Å². The van der Waals surface area contributed by atoms with Gasteiger partial charge in [-0.3, -0.25) is 4.18 Å². The Morgan fingerprint density at radius 1 is 1.35 bits per heavy atom. The van der Waals surface area contributed by atoms with Gasteiger partial charge in [-0.1, -0.05) is 29.3 Å². The molecule has 0 bridgehead atoms. The molecule has 1 saturated heterocycles. The zero-order valence-electron chi connectivity index (χ0n) is 10.5. The highest BCUT2D eigenvalue weighted by atomic mass is 35.5. The summed E-state index contributed by atoms with van der Waals surface area (Å²) in [6, 6.07) is 4.93. The van der Waals surface area contributed by atoms with E-state index in [-0.39, 0.29) is 6.61 Å². The largest absolute Gasteiger partial charge is 0.344 e. The van der Waals surface area contributed by atoms with Gasteiger partial charge in [-0.2, -0.15) is 8.42 Å². The Morgan fingerprint density at radius 2 is 2.05 bits per heavy atom. The molecule has 1 unspecified atom stereocenters.